The van der Waals surface area contributed by atoms with Crippen LogP contribution >= 0.6 is 0 Å². The Morgan fingerprint density at radius 3 is 2.45 bits per heavy atom. The summed E-state index contributed by atoms with van der Waals surface area (Å²) in [6.45, 7) is 11.3. The van der Waals surface area contributed by atoms with E-state index < -0.39 is 0 Å². The molecule has 1 aliphatic rings. The van der Waals surface area contributed by atoms with Crippen LogP contribution < -0.4 is 10.2 Å². The van der Waals surface area contributed by atoms with Gasteiger partial charge in [0, 0.05) is 24.3 Å². The first-order valence-corrected chi connectivity index (χ1v) is 8.26. The van der Waals surface area contributed by atoms with E-state index in [-0.39, 0.29) is 0 Å². The Kier molecular flexibility index (Phi) is 5.47. The van der Waals surface area contributed by atoms with Crippen LogP contribution in [0.25, 0.3) is 0 Å². The topological polar surface area (TPSA) is 15.3 Å². The van der Waals surface area contributed by atoms with Crippen molar-refractivity contribution < 1.29 is 0 Å². The van der Waals surface area contributed by atoms with E-state index in [9.17, 15) is 0 Å². The predicted molar refractivity (Wildman–Crippen MR) is 88.4 cm³/mol. The Hall–Kier alpha value is -1.02. The van der Waals surface area contributed by atoms with Gasteiger partial charge in [0.05, 0.1) is 0 Å². The highest BCUT2D eigenvalue weighted by Gasteiger charge is 2.31. The molecule has 0 amide bonds. The first-order chi connectivity index (χ1) is 9.67. The number of benzene rings is 1. The minimum Gasteiger partial charge on any atom is -0.368 e. The molecule has 0 spiro atoms. The van der Waals surface area contributed by atoms with Crippen LogP contribution in [0.5, 0.6) is 0 Å². The van der Waals surface area contributed by atoms with Crippen molar-refractivity contribution in [1.82, 2.24) is 5.32 Å². The first-order valence-electron chi connectivity index (χ1n) is 8.26. The van der Waals surface area contributed by atoms with Crippen LogP contribution in [-0.4, -0.2) is 19.1 Å². The molecule has 0 heterocycles. The lowest BCUT2D eigenvalue weighted by atomic mass is 10.0. The average molecular weight is 274 g/mol. The molecule has 1 unspecified atom stereocenters. The van der Waals surface area contributed by atoms with Gasteiger partial charge in [-0.3, -0.25) is 0 Å². The minimum atomic E-state index is 0.476. The SMILES string of the molecule is CCNC(CC)c1ccccc1N(CC(C)C)C1CC1. The highest BCUT2D eigenvalue weighted by Crippen LogP contribution is 2.36. The van der Waals surface area contributed by atoms with Crippen LogP contribution in [0.3, 0.4) is 0 Å². The molecule has 1 N–H and O–H groups in total. The Bertz CT molecular complexity index is 410. The maximum Gasteiger partial charge on any atom is 0.0417 e. The van der Waals surface area contributed by atoms with Crippen molar-refractivity contribution >= 4 is 5.69 Å². The van der Waals surface area contributed by atoms with Gasteiger partial charge in [-0.1, -0.05) is 45.9 Å². The summed E-state index contributed by atoms with van der Waals surface area (Å²) in [5.41, 5.74) is 2.93. The lowest BCUT2D eigenvalue weighted by molar-refractivity contribution is 0.532. The van der Waals surface area contributed by atoms with Crippen LogP contribution in [-0.2, 0) is 0 Å². The average Bonchev–Trinajstić information content (AvgIpc) is 3.26. The molecule has 1 atom stereocenters. The Balaban J connectivity index is 2.28. The monoisotopic (exact) mass is 274 g/mol. The molecule has 2 rings (SSSR count). The molecule has 1 saturated carbocycles. The molecule has 112 valence electrons. The van der Waals surface area contributed by atoms with Crippen molar-refractivity contribution in [2.24, 2.45) is 5.92 Å². The summed E-state index contributed by atoms with van der Waals surface area (Å²) < 4.78 is 0. The highest BCUT2D eigenvalue weighted by molar-refractivity contribution is 5.56. The fourth-order valence-electron chi connectivity index (χ4n) is 2.99. The lowest BCUT2D eigenvalue weighted by Crippen LogP contribution is -2.32. The van der Waals surface area contributed by atoms with Crippen LogP contribution in [0.1, 0.15) is 58.6 Å². The van der Waals surface area contributed by atoms with Gasteiger partial charge >= 0.3 is 0 Å². The van der Waals surface area contributed by atoms with Gasteiger partial charge in [0.15, 0.2) is 0 Å². The van der Waals surface area contributed by atoms with Crippen molar-refractivity contribution in [3.63, 3.8) is 0 Å². The van der Waals surface area contributed by atoms with Crippen LogP contribution in [0.15, 0.2) is 24.3 Å². The fraction of sp³-hybridized carbons (Fsp3) is 0.667. The third-order valence-electron chi connectivity index (χ3n) is 4.03. The molecule has 2 nitrogen and oxygen atoms in total. The molecule has 1 aromatic carbocycles. The van der Waals surface area contributed by atoms with Gasteiger partial charge in [-0.15, -0.1) is 0 Å². The van der Waals surface area contributed by atoms with E-state index in [1.54, 1.807) is 0 Å². The Morgan fingerprint density at radius 2 is 1.90 bits per heavy atom. The number of hydrogen-bond donors (Lipinski definition) is 1. The maximum absolute atomic E-state index is 3.63. The van der Waals surface area contributed by atoms with Crippen molar-refractivity contribution in [3.05, 3.63) is 29.8 Å². The van der Waals surface area contributed by atoms with E-state index >= 15 is 0 Å². The second-order valence-corrected chi connectivity index (χ2v) is 6.35. The normalized spacial score (nSPS) is 16.4. The predicted octanol–water partition coefficient (Wildman–Crippen LogP) is 4.37. The number of rotatable bonds is 8. The van der Waals surface area contributed by atoms with E-state index in [4.69, 9.17) is 0 Å². The zero-order chi connectivity index (χ0) is 14.5. The molecular formula is C18H30N2. The maximum atomic E-state index is 3.63. The number of para-hydroxylation sites is 1. The first kappa shape index (κ1) is 15.4. The van der Waals surface area contributed by atoms with Crippen molar-refractivity contribution in [2.45, 2.75) is 59.0 Å². The molecule has 1 aliphatic carbocycles. The summed E-state index contributed by atoms with van der Waals surface area (Å²) >= 11 is 0. The highest BCUT2D eigenvalue weighted by atomic mass is 15.2. The van der Waals surface area contributed by atoms with Gasteiger partial charge in [0.1, 0.15) is 0 Å². The summed E-state index contributed by atoms with van der Waals surface area (Å²) in [5, 5.41) is 3.63. The largest absolute Gasteiger partial charge is 0.368 e. The van der Waals surface area contributed by atoms with Crippen molar-refractivity contribution in [2.75, 3.05) is 18.0 Å². The lowest BCUT2D eigenvalue weighted by Gasteiger charge is -2.31. The summed E-state index contributed by atoms with van der Waals surface area (Å²) in [5.74, 6) is 0.711. The molecule has 0 saturated heterocycles. The smallest absolute Gasteiger partial charge is 0.0417 e. The van der Waals surface area contributed by atoms with E-state index in [0.29, 0.717) is 12.0 Å². The van der Waals surface area contributed by atoms with Crippen molar-refractivity contribution in [1.29, 1.82) is 0 Å². The zero-order valence-electron chi connectivity index (χ0n) is 13.5. The summed E-state index contributed by atoms with van der Waals surface area (Å²) in [7, 11) is 0. The van der Waals surface area contributed by atoms with E-state index in [0.717, 1.165) is 19.0 Å². The van der Waals surface area contributed by atoms with E-state index in [2.05, 4.69) is 62.2 Å². The standard InChI is InChI=1S/C18H30N2/c1-5-17(19-6-2)16-9-7-8-10-18(16)20(13-14(3)4)15-11-12-15/h7-10,14-15,17,19H,5-6,11-13H2,1-4H3. The van der Waals surface area contributed by atoms with Gasteiger partial charge in [0.2, 0.25) is 0 Å². The molecule has 1 aromatic rings. The van der Waals surface area contributed by atoms with E-state index in [1.165, 1.54) is 30.6 Å². The minimum absolute atomic E-state index is 0.476. The molecule has 0 aliphatic heterocycles. The molecule has 1 fully saturated rings. The summed E-state index contributed by atoms with van der Waals surface area (Å²) in [4.78, 5) is 2.65. The van der Waals surface area contributed by atoms with Gasteiger partial charge in [-0.25, -0.2) is 0 Å². The molecule has 0 aromatic heterocycles. The summed E-state index contributed by atoms with van der Waals surface area (Å²) in [6, 6.07) is 10.2. The molecular weight excluding hydrogens is 244 g/mol. The molecule has 20 heavy (non-hydrogen) atoms. The van der Waals surface area contributed by atoms with Gasteiger partial charge in [-0.05, 0) is 43.4 Å². The second kappa shape index (κ2) is 7.12. The van der Waals surface area contributed by atoms with Gasteiger partial charge in [-0.2, -0.15) is 0 Å². The van der Waals surface area contributed by atoms with Gasteiger partial charge in [0.25, 0.3) is 0 Å². The zero-order valence-corrected chi connectivity index (χ0v) is 13.5. The molecule has 0 bridgehead atoms. The summed E-state index contributed by atoms with van der Waals surface area (Å²) in [6.07, 6.45) is 3.86. The third kappa shape index (κ3) is 3.76. The second-order valence-electron chi connectivity index (χ2n) is 6.35. The number of nitrogens with zero attached hydrogens (tertiary/aromatic N) is 1. The Labute approximate surface area is 124 Å². The van der Waals surface area contributed by atoms with Crippen LogP contribution in [0, 0.1) is 5.92 Å². The number of nitrogens with one attached hydrogen (secondary N) is 1. The quantitative estimate of drug-likeness (QED) is 0.757. The number of hydrogen-bond acceptors (Lipinski definition) is 2. The molecule has 2 heteroatoms. The Morgan fingerprint density at radius 1 is 1.20 bits per heavy atom. The molecule has 0 radical (unpaired) electrons. The number of anilines is 1. The fourth-order valence-corrected chi connectivity index (χ4v) is 2.99. The van der Waals surface area contributed by atoms with Crippen LogP contribution in [0.2, 0.25) is 0 Å². The third-order valence-corrected chi connectivity index (χ3v) is 4.03. The van der Waals surface area contributed by atoms with Crippen LogP contribution in [0.4, 0.5) is 5.69 Å². The van der Waals surface area contributed by atoms with Gasteiger partial charge < -0.3 is 10.2 Å². The van der Waals surface area contributed by atoms with Crippen molar-refractivity contribution in [3.8, 4) is 0 Å². The van der Waals surface area contributed by atoms with E-state index in [1.807, 2.05) is 0 Å².